The molecule has 32 heavy (non-hydrogen) atoms. The van der Waals surface area contributed by atoms with Gasteiger partial charge in [-0.3, -0.25) is 9.52 Å². The first-order valence-corrected chi connectivity index (χ1v) is 13.8. The molecular weight excluding hydrogens is 442 g/mol. The molecule has 1 heterocycles. The molecular formula is C24H31N3O3S2. The molecule has 1 aliphatic carbocycles. The second-order valence-corrected chi connectivity index (χ2v) is 11.5. The number of sulfonamides is 1. The molecule has 1 aliphatic heterocycles. The van der Waals surface area contributed by atoms with Gasteiger partial charge in [-0.05, 0) is 49.1 Å². The molecule has 0 radical (unpaired) electrons. The first-order chi connectivity index (χ1) is 15.4. The van der Waals surface area contributed by atoms with Crippen LogP contribution in [0, 0.1) is 5.92 Å². The van der Waals surface area contributed by atoms with E-state index in [1.165, 1.54) is 49.9 Å². The number of carbonyl (C=O) groups excluding carboxylic acids is 1. The van der Waals surface area contributed by atoms with Crippen molar-refractivity contribution >= 4 is 39.1 Å². The standard InChI is InChI=1S/C24H31N3O3S2/c1-17(13-18-7-3-2-4-8-18)25-15-19-9-5-6-10-21(19)27-32(29,30)20-11-12-23-22(14-20)26-24(28)16-31-23/h5-6,9-12,14,17-18,25,27H,2-4,7-8,13,15-16H2,1H3,(H,26,28)/t17-/m0/s1. The van der Waals surface area contributed by atoms with E-state index in [0.29, 0.717) is 29.7 Å². The highest BCUT2D eigenvalue weighted by Crippen LogP contribution is 2.34. The van der Waals surface area contributed by atoms with Crippen LogP contribution in [0.1, 0.15) is 51.0 Å². The summed E-state index contributed by atoms with van der Waals surface area (Å²) in [4.78, 5) is 12.7. The van der Waals surface area contributed by atoms with Crippen molar-refractivity contribution in [3.8, 4) is 0 Å². The van der Waals surface area contributed by atoms with Crippen molar-refractivity contribution in [2.45, 2.75) is 67.8 Å². The lowest BCUT2D eigenvalue weighted by molar-refractivity contribution is -0.113. The summed E-state index contributed by atoms with van der Waals surface area (Å²) in [7, 11) is -3.79. The molecule has 172 valence electrons. The maximum atomic E-state index is 13.1. The Bertz CT molecular complexity index is 1070. The Balaban J connectivity index is 1.43. The maximum absolute atomic E-state index is 13.1. The summed E-state index contributed by atoms with van der Waals surface area (Å²) >= 11 is 1.41. The fraction of sp³-hybridized carbons (Fsp3) is 0.458. The van der Waals surface area contributed by atoms with Crippen molar-refractivity contribution in [1.82, 2.24) is 5.32 Å². The SMILES string of the molecule is C[C@@H](CC1CCCCC1)NCc1ccccc1NS(=O)(=O)c1ccc2c(c1)NC(=O)CS2. The monoisotopic (exact) mass is 473 g/mol. The van der Waals surface area contributed by atoms with Crippen molar-refractivity contribution in [2.24, 2.45) is 5.92 Å². The van der Waals surface area contributed by atoms with Crippen molar-refractivity contribution < 1.29 is 13.2 Å². The zero-order valence-electron chi connectivity index (χ0n) is 18.4. The molecule has 0 unspecified atom stereocenters. The summed E-state index contributed by atoms with van der Waals surface area (Å²) in [5.74, 6) is 1.02. The average molecular weight is 474 g/mol. The number of hydrogen-bond acceptors (Lipinski definition) is 5. The van der Waals surface area contributed by atoms with E-state index in [1.54, 1.807) is 18.2 Å². The van der Waals surface area contributed by atoms with Crippen LogP contribution in [-0.2, 0) is 21.4 Å². The van der Waals surface area contributed by atoms with Crippen LogP contribution in [0.2, 0.25) is 0 Å². The van der Waals surface area contributed by atoms with Gasteiger partial charge >= 0.3 is 0 Å². The lowest BCUT2D eigenvalue weighted by atomic mass is 9.85. The van der Waals surface area contributed by atoms with E-state index in [1.807, 2.05) is 18.2 Å². The summed E-state index contributed by atoms with van der Waals surface area (Å²) < 4.78 is 28.9. The van der Waals surface area contributed by atoms with Crippen LogP contribution in [-0.4, -0.2) is 26.1 Å². The third-order valence-corrected chi connectivity index (χ3v) is 8.65. The van der Waals surface area contributed by atoms with Gasteiger partial charge in [-0.25, -0.2) is 8.42 Å². The molecule has 1 fully saturated rings. The number of para-hydroxylation sites is 1. The third kappa shape index (κ3) is 5.85. The maximum Gasteiger partial charge on any atom is 0.261 e. The van der Waals surface area contributed by atoms with E-state index in [2.05, 4.69) is 22.3 Å². The Hall–Kier alpha value is -2.03. The molecule has 1 atom stereocenters. The summed E-state index contributed by atoms with van der Waals surface area (Å²) in [6, 6.07) is 12.7. The second kappa shape index (κ2) is 10.3. The molecule has 8 heteroatoms. The Morgan fingerprint density at radius 1 is 1.12 bits per heavy atom. The lowest BCUT2D eigenvalue weighted by Gasteiger charge is -2.25. The number of carbonyl (C=O) groups is 1. The molecule has 0 spiro atoms. The van der Waals surface area contributed by atoms with Gasteiger partial charge in [-0.2, -0.15) is 0 Å². The number of benzene rings is 2. The molecule has 2 aliphatic rings. The van der Waals surface area contributed by atoms with Crippen molar-refractivity contribution in [2.75, 3.05) is 15.8 Å². The summed E-state index contributed by atoms with van der Waals surface area (Å²) in [6.07, 6.45) is 7.85. The van der Waals surface area contributed by atoms with Gasteiger partial charge in [0.15, 0.2) is 0 Å². The first kappa shape index (κ1) is 23.1. The molecule has 4 rings (SSSR count). The highest BCUT2D eigenvalue weighted by molar-refractivity contribution is 8.00. The predicted molar refractivity (Wildman–Crippen MR) is 131 cm³/mol. The van der Waals surface area contributed by atoms with Crippen LogP contribution in [0.3, 0.4) is 0 Å². The molecule has 0 aromatic heterocycles. The van der Waals surface area contributed by atoms with Gasteiger partial charge in [0.05, 0.1) is 22.0 Å². The highest BCUT2D eigenvalue weighted by atomic mass is 32.2. The van der Waals surface area contributed by atoms with Gasteiger partial charge in [-0.15, -0.1) is 11.8 Å². The topological polar surface area (TPSA) is 87.3 Å². The first-order valence-electron chi connectivity index (χ1n) is 11.3. The molecule has 2 aromatic carbocycles. The highest BCUT2D eigenvalue weighted by Gasteiger charge is 2.22. The van der Waals surface area contributed by atoms with Crippen LogP contribution >= 0.6 is 11.8 Å². The molecule has 0 saturated heterocycles. The smallest absolute Gasteiger partial charge is 0.261 e. The number of anilines is 2. The third-order valence-electron chi connectivity index (χ3n) is 6.21. The Morgan fingerprint density at radius 3 is 2.72 bits per heavy atom. The zero-order valence-corrected chi connectivity index (χ0v) is 20.0. The number of fused-ring (bicyclic) bond motifs is 1. The van der Waals surface area contributed by atoms with E-state index in [4.69, 9.17) is 0 Å². The summed E-state index contributed by atoms with van der Waals surface area (Å²) in [5.41, 5.74) is 2.02. The fourth-order valence-corrected chi connectivity index (χ4v) is 6.41. The molecule has 1 amide bonds. The molecule has 6 nitrogen and oxygen atoms in total. The number of hydrogen-bond donors (Lipinski definition) is 3. The minimum atomic E-state index is -3.79. The number of amides is 1. The molecule has 2 aromatic rings. The Morgan fingerprint density at radius 2 is 1.91 bits per heavy atom. The molecule has 1 saturated carbocycles. The average Bonchev–Trinajstić information content (AvgIpc) is 2.78. The number of rotatable bonds is 8. The quantitative estimate of drug-likeness (QED) is 0.503. The van der Waals surface area contributed by atoms with Gasteiger partial charge in [-0.1, -0.05) is 50.3 Å². The number of nitrogens with one attached hydrogen (secondary N) is 3. The summed E-state index contributed by atoms with van der Waals surface area (Å²) in [6.45, 7) is 2.81. The van der Waals surface area contributed by atoms with Gasteiger partial charge in [0.25, 0.3) is 10.0 Å². The zero-order chi connectivity index (χ0) is 22.6. The molecule has 0 bridgehead atoms. The predicted octanol–water partition coefficient (Wildman–Crippen LogP) is 4.98. The van der Waals surface area contributed by atoms with E-state index in [0.717, 1.165) is 22.8 Å². The summed E-state index contributed by atoms with van der Waals surface area (Å²) in [5, 5.41) is 6.32. The van der Waals surface area contributed by atoms with Crippen molar-refractivity contribution in [3.05, 3.63) is 48.0 Å². The van der Waals surface area contributed by atoms with E-state index in [-0.39, 0.29) is 10.8 Å². The molecule has 3 N–H and O–H groups in total. The fourth-order valence-electron chi connectivity index (χ4n) is 4.50. The van der Waals surface area contributed by atoms with E-state index < -0.39 is 10.0 Å². The van der Waals surface area contributed by atoms with Gasteiger partial charge in [0, 0.05) is 17.5 Å². The van der Waals surface area contributed by atoms with Crippen LogP contribution in [0.5, 0.6) is 0 Å². The van der Waals surface area contributed by atoms with Crippen LogP contribution in [0.15, 0.2) is 52.3 Å². The Kier molecular flexibility index (Phi) is 7.43. The number of thioether (sulfide) groups is 1. The minimum Gasteiger partial charge on any atom is -0.324 e. The Labute approximate surface area is 195 Å². The van der Waals surface area contributed by atoms with Gasteiger partial charge in [0.2, 0.25) is 5.91 Å². The van der Waals surface area contributed by atoms with Crippen LogP contribution in [0.25, 0.3) is 0 Å². The normalized spacial score (nSPS) is 18.0. The minimum absolute atomic E-state index is 0.122. The van der Waals surface area contributed by atoms with Crippen molar-refractivity contribution in [3.63, 3.8) is 0 Å². The largest absolute Gasteiger partial charge is 0.324 e. The van der Waals surface area contributed by atoms with E-state index >= 15 is 0 Å². The second-order valence-electron chi connectivity index (χ2n) is 8.78. The van der Waals surface area contributed by atoms with E-state index in [9.17, 15) is 13.2 Å². The van der Waals surface area contributed by atoms with Gasteiger partial charge < -0.3 is 10.6 Å². The van der Waals surface area contributed by atoms with Crippen LogP contribution < -0.4 is 15.4 Å². The van der Waals surface area contributed by atoms with Gasteiger partial charge in [0.1, 0.15) is 0 Å². The van der Waals surface area contributed by atoms with Crippen LogP contribution in [0.4, 0.5) is 11.4 Å². The lowest BCUT2D eigenvalue weighted by Crippen LogP contribution is -2.29. The van der Waals surface area contributed by atoms with Crippen molar-refractivity contribution in [1.29, 1.82) is 0 Å².